The molecule has 0 saturated carbocycles. The fourth-order valence-corrected chi connectivity index (χ4v) is 2.70. The van der Waals surface area contributed by atoms with Gasteiger partial charge in [0, 0.05) is 6.42 Å². The van der Waals surface area contributed by atoms with Gasteiger partial charge in [-0.05, 0) is 43.3 Å². The Balaban J connectivity index is 2.15. The van der Waals surface area contributed by atoms with Crippen LogP contribution in [0.5, 0.6) is 0 Å². The molecule has 2 unspecified atom stereocenters. The Morgan fingerprint density at radius 1 is 1.41 bits per heavy atom. The van der Waals surface area contributed by atoms with E-state index in [1.54, 1.807) is 0 Å². The van der Waals surface area contributed by atoms with Crippen LogP contribution in [0, 0.1) is 5.92 Å². The molecule has 0 spiro atoms. The van der Waals surface area contributed by atoms with E-state index in [0.29, 0.717) is 12.3 Å². The highest BCUT2D eigenvalue weighted by molar-refractivity contribution is 5.74. The van der Waals surface area contributed by atoms with E-state index < -0.39 is 0 Å². The third-order valence-electron chi connectivity index (χ3n) is 3.55. The quantitative estimate of drug-likeness (QED) is 0.829. The lowest BCUT2D eigenvalue weighted by Gasteiger charge is -2.30. The topological polar surface area (TPSA) is 55.1 Å². The van der Waals surface area contributed by atoms with E-state index in [1.165, 1.54) is 18.4 Å². The summed E-state index contributed by atoms with van der Waals surface area (Å²) < 4.78 is 0. The zero-order valence-electron chi connectivity index (χ0n) is 10.1. The van der Waals surface area contributed by atoms with Gasteiger partial charge in [-0.1, -0.05) is 30.3 Å². The lowest BCUT2D eigenvalue weighted by molar-refractivity contribution is -0.118. The molecule has 3 nitrogen and oxygen atoms in total. The van der Waals surface area contributed by atoms with Crippen molar-refractivity contribution in [3.05, 3.63) is 35.9 Å². The number of piperidine rings is 1. The zero-order chi connectivity index (χ0) is 12.1. The lowest BCUT2D eigenvalue weighted by Crippen LogP contribution is -2.34. The number of nitrogens with one attached hydrogen (secondary N) is 1. The van der Waals surface area contributed by atoms with Crippen LogP contribution >= 0.6 is 0 Å². The van der Waals surface area contributed by atoms with Gasteiger partial charge < -0.3 is 11.1 Å². The van der Waals surface area contributed by atoms with E-state index in [2.05, 4.69) is 17.4 Å². The van der Waals surface area contributed by atoms with Crippen molar-refractivity contribution in [3.8, 4) is 0 Å². The van der Waals surface area contributed by atoms with Crippen LogP contribution in [0.3, 0.4) is 0 Å². The van der Waals surface area contributed by atoms with Gasteiger partial charge in [-0.2, -0.15) is 0 Å². The second-order valence-electron chi connectivity index (χ2n) is 4.79. The van der Waals surface area contributed by atoms with E-state index in [0.717, 1.165) is 13.1 Å². The van der Waals surface area contributed by atoms with Gasteiger partial charge >= 0.3 is 0 Å². The highest BCUT2D eigenvalue weighted by Gasteiger charge is 2.26. The summed E-state index contributed by atoms with van der Waals surface area (Å²) in [4.78, 5) is 11.2. The molecule has 3 N–H and O–H groups in total. The number of amides is 1. The summed E-state index contributed by atoms with van der Waals surface area (Å²) in [7, 11) is 0. The van der Waals surface area contributed by atoms with Gasteiger partial charge in [-0.3, -0.25) is 4.79 Å². The van der Waals surface area contributed by atoms with Gasteiger partial charge in [0.05, 0.1) is 0 Å². The number of primary amides is 1. The van der Waals surface area contributed by atoms with Crippen LogP contribution in [-0.4, -0.2) is 19.0 Å². The van der Waals surface area contributed by atoms with E-state index in [9.17, 15) is 4.79 Å². The maximum atomic E-state index is 11.2. The van der Waals surface area contributed by atoms with Crippen molar-refractivity contribution in [1.82, 2.24) is 5.32 Å². The van der Waals surface area contributed by atoms with Gasteiger partial charge in [0.1, 0.15) is 0 Å². The third-order valence-corrected chi connectivity index (χ3v) is 3.55. The molecular weight excluding hydrogens is 212 g/mol. The Labute approximate surface area is 102 Å². The average Bonchev–Trinajstić information content (AvgIpc) is 2.38. The molecule has 92 valence electrons. The van der Waals surface area contributed by atoms with Crippen molar-refractivity contribution in [2.75, 3.05) is 13.1 Å². The number of carbonyl (C=O) groups excluding carboxylic acids is 1. The van der Waals surface area contributed by atoms with Crippen molar-refractivity contribution in [2.24, 2.45) is 11.7 Å². The monoisotopic (exact) mass is 232 g/mol. The first kappa shape index (κ1) is 12.1. The largest absolute Gasteiger partial charge is 0.370 e. The average molecular weight is 232 g/mol. The van der Waals surface area contributed by atoms with E-state index in [4.69, 9.17) is 5.73 Å². The highest BCUT2D eigenvalue weighted by atomic mass is 16.1. The normalized spacial score (nSPS) is 22.0. The lowest BCUT2D eigenvalue weighted by atomic mass is 9.79. The fraction of sp³-hybridized carbons (Fsp3) is 0.500. The van der Waals surface area contributed by atoms with Crippen LogP contribution in [0.15, 0.2) is 30.3 Å². The maximum Gasteiger partial charge on any atom is 0.218 e. The molecule has 1 aliphatic heterocycles. The number of hydrogen-bond donors (Lipinski definition) is 2. The second kappa shape index (κ2) is 5.82. The van der Waals surface area contributed by atoms with Gasteiger partial charge in [0.2, 0.25) is 5.91 Å². The van der Waals surface area contributed by atoms with Gasteiger partial charge in [-0.25, -0.2) is 0 Å². The molecule has 1 fully saturated rings. The molecule has 17 heavy (non-hydrogen) atoms. The highest BCUT2D eigenvalue weighted by Crippen LogP contribution is 2.32. The number of benzene rings is 1. The molecule has 2 atom stereocenters. The van der Waals surface area contributed by atoms with Crippen LogP contribution in [0.2, 0.25) is 0 Å². The standard InChI is InChI=1S/C14H20N2O/c15-14(17)9-13(11-5-2-1-3-6-11)12-7-4-8-16-10-12/h1-3,5-6,12-13,16H,4,7-10H2,(H2,15,17). The van der Waals surface area contributed by atoms with Crippen molar-refractivity contribution < 1.29 is 4.79 Å². The summed E-state index contributed by atoms with van der Waals surface area (Å²) in [5.74, 6) is 0.588. The van der Waals surface area contributed by atoms with E-state index in [-0.39, 0.29) is 11.8 Å². The summed E-state index contributed by atoms with van der Waals surface area (Å²) in [5, 5.41) is 3.41. The Kier molecular flexibility index (Phi) is 4.15. The number of hydrogen-bond acceptors (Lipinski definition) is 2. The summed E-state index contributed by atoms with van der Waals surface area (Å²) in [6.07, 6.45) is 2.82. The zero-order valence-corrected chi connectivity index (χ0v) is 10.1. The molecule has 0 aliphatic carbocycles. The minimum Gasteiger partial charge on any atom is -0.370 e. The van der Waals surface area contributed by atoms with Crippen LogP contribution < -0.4 is 11.1 Å². The van der Waals surface area contributed by atoms with Crippen LogP contribution in [0.1, 0.15) is 30.7 Å². The summed E-state index contributed by atoms with van der Waals surface area (Å²) >= 11 is 0. The molecule has 0 aromatic heterocycles. The molecule has 3 heteroatoms. The van der Waals surface area contributed by atoms with Crippen molar-refractivity contribution in [3.63, 3.8) is 0 Å². The minimum absolute atomic E-state index is 0.204. The Hall–Kier alpha value is -1.35. The molecule has 2 rings (SSSR count). The number of carbonyl (C=O) groups is 1. The smallest absolute Gasteiger partial charge is 0.218 e. The first-order valence-corrected chi connectivity index (χ1v) is 6.31. The Morgan fingerprint density at radius 2 is 2.18 bits per heavy atom. The Bertz CT molecular complexity index is 358. The minimum atomic E-state index is -0.204. The molecule has 0 bridgehead atoms. The van der Waals surface area contributed by atoms with Crippen molar-refractivity contribution >= 4 is 5.91 Å². The predicted octanol–water partition coefficient (Wildman–Crippen LogP) is 1.65. The molecule has 0 radical (unpaired) electrons. The Morgan fingerprint density at radius 3 is 2.76 bits per heavy atom. The molecule has 1 aromatic rings. The maximum absolute atomic E-state index is 11.2. The molecule has 1 aromatic carbocycles. The van der Waals surface area contributed by atoms with E-state index in [1.807, 2.05) is 18.2 Å². The van der Waals surface area contributed by atoms with Crippen LogP contribution in [0.4, 0.5) is 0 Å². The fourth-order valence-electron chi connectivity index (χ4n) is 2.70. The third kappa shape index (κ3) is 3.30. The summed E-state index contributed by atoms with van der Waals surface area (Å²) in [6, 6.07) is 10.3. The SMILES string of the molecule is NC(=O)CC(c1ccccc1)C1CCCNC1. The van der Waals surface area contributed by atoms with E-state index >= 15 is 0 Å². The first-order chi connectivity index (χ1) is 8.27. The number of nitrogens with two attached hydrogens (primary N) is 1. The molecule has 1 heterocycles. The van der Waals surface area contributed by atoms with Crippen LogP contribution in [-0.2, 0) is 4.79 Å². The summed E-state index contributed by atoms with van der Waals surface area (Å²) in [6.45, 7) is 2.08. The van der Waals surface area contributed by atoms with Crippen LogP contribution in [0.25, 0.3) is 0 Å². The number of rotatable bonds is 4. The van der Waals surface area contributed by atoms with Gasteiger partial charge in [0.15, 0.2) is 0 Å². The van der Waals surface area contributed by atoms with Crippen molar-refractivity contribution in [1.29, 1.82) is 0 Å². The molecular formula is C14H20N2O. The first-order valence-electron chi connectivity index (χ1n) is 6.31. The molecule has 1 saturated heterocycles. The summed E-state index contributed by atoms with van der Waals surface area (Å²) in [5.41, 5.74) is 6.61. The predicted molar refractivity (Wildman–Crippen MR) is 68.6 cm³/mol. The second-order valence-corrected chi connectivity index (χ2v) is 4.79. The van der Waals surface area contributed by atoms with Gasteiger partial charge in [0.25, 0.3) is 0 Å². The molecule has 1 amide bonds. The van der Waals surface area contributed by atoms with Crippen molar-refractivity contribution in [2.45, 2.75) is 25.2 Å². The van der Waals surface area contributed by atoms with Gasteiger partial charge in [-0.15, -0.1) is 0 Å². The molecule has 1 aliphatic rings.